The van der Waals surface area contributed by atoms with Crippen molar-refractivity contribution in [3.63, 3.8) is 0 Å². The highest BCUT2D eigenvalue weighted by atomic mass is 16.5. The van der Waals surface area contributed by atoms with Gasteiger partial charge in [0.05, 0.1) is 17.4 Å². The van der Waals surface area contributed by atoms with Crippen LogP contribution in [0.3, 0.4) is 0 Å². The molecule has 1 atom stereocenters. The Kier molecular flexibility index (Phi) is 5.54. The molecule has 0 aliphatic heterocycles. The van der Waals surface area contributed by atoms with Crippen LogP contribution in [-0.2, 0) is 11.3 Å². The summed E-state index contributed by atoms with van der Waals surface area (Å²) in [6.45, 7) is 6.31. The number of likely N-dealkylation sites (N-methyl/N-ethyl adjacent to an activating group) is 1. The van der Waals surface area contributed by atoms with Crippen LogP contribution in [0.25, 0.3) is 10.9 Å². The molecule has 1 aromatic heterocycles. The van der Waals surface area contributed by atoms with Crippen LogP contribution in [0.2, 0.25) is 0 Å². The first kappa shape index (κ1) is 18.6. The summed E-state index contributed by atoms with van der Waals surface area (Å²) >= 11 is 0. The number of carbonyl (C=O) groups excluding carboxylic acids is 1. The lowest BCUT2D eigenvalue weighted by atomic mass is 10.2. The maximum absolute atomic E-state index is 12.8. The molecule has 3 rings (SSSR count). The van der Waals surface area contributed by atoms with E-state index in [0.29, 0.717) is 29.0 Å². The number of aryl methyl sites for hydroxylation is 1. The first-order chi connectivity index (χ1) is 13.0. The van der Waals surface area contributed by atoms with Crippen LogP contribution >= 0.6 is 0 Å². The van der Waals surface area contributed by atoms with Gasteiger partial charge in [-0.15, -0.1) is 0 Å². The highest BCUT2D eigenvalue weighted by Gasteiger charge is 2.22. The van der Waals surface area contributed by atoms with E-state index < -0.39 is 6.10 Å². The van der Waals surface area contributed by atoms with Crippen molar-refractivity contribution >= 4 is 16.8 Å². The summed E-state index contributed by atoms with van der Waals surface area (Å²) in [5.74, 6) is 0.944. The molecule has 6 nitrogen and oxygen atoms in total. The van der Waals surface area contributed by atoms with E-state index in [1.54, 1.807) is 30.0 Å². The Morgan fingerprint density at radius 1 is 1.19 bits per heavy atom. The SMILES string of the molecule is CCN(Cc1nc2ccccc2c(=O)[nH]1)C(=O)C(C)Oc1ccc(C)cc1. The molecule has 1 unspecified atom stereocenters. The van der Waals surface area contributed by atoms with Crippen LogP contribution in [0, 0.1) is 6.92 Å². The minimum absolute atomic E-state index is 0.158. The van der Waals surface area contributed by atoms with Crippen molar-refractivity contribution in [2.24, 2.45) is 0 Å². The number of carbonyl (C=O) groups is 1. The van der Waals surface area contributed by atoms with Crippen molar-refractivity contribution in [2.45, 2.75) is 33.4 Å². The number of rotatable bonds is 6. The van der Waals surface area contributed by atoms with E-state index in [4.69, 9.17) is 4.74 Å². The molecule has 0 fully saturated rings. The van der Waals surface area contributed by atoms with E-state index >= 15 is 0 Å². The molecule has 1 amide bonds. The maximum atomic E-state index is 12.8. The molecule has 6 heteroatoms. The lowest BCUT2D eigenvalue weighted by molar-refractivity contribution is -0.138. The number of benzene rings is 2. The van der Waals surface area contributed by atoms with E-state index in [0.717, 1.165) is 5.56 Å². The van der Waals surface area contributed by atoms with Gasteiger partial charge >= 0.3 is 0 Å². The quantitative estimate of drug-likeness (QED) is 0.728. The van der Waals surface area contributed by atoms with Crippen molar-refractivity contribution in [1.29, 1.82) is 0 Å². The molecule has 0 saturated heterocycles. The highest BCUT2D eigenvalue weighted by Crippen LogP contribution is 2.15. The van der Waals surface area contributed by atoms with Crippen molar-refractivity contribution in [1.82, 2.24) is 14.9 Å². The van der Waals surface area contributed by atoms with E-state index in [2.05, 4.69) is 9.97 Å². The number of fused-ring (bicyclic) bond motifs is 1. The fourth-order valence-corrected chi connectivity index (χ4v) is 2.86. The average Bonchev–Trinajstić information content (AvgIpc) is 2.67. The third-order valence-electron chi connectivity index (χ3n) is 4.38. The van der Waals surface area contributed by atoms with Gasteiger partial charge in [0.15, 0.2) is 6.10 Å². The van der Waals surface area contributed by atoms with Crippen molar-refractivity contribution in [2.75, 3.05) is 6.54 Å². The smallest absolute Gasteiger partial charge is 0.263 e. The summed E-state index contributed by atoms with van der Waals surface area (Å²) < 4.78 is 5.76. The molecule has 1 N–H and O–H groups in total. The fraction of sp³-hybridized carbons (Fsp3) is 0.286. The van der Waals surface area contributed by atoms with Gasteiger partial charge in [-0.05, 0) is 45.0 Å². The fourth-order valence-electron chi connectivity index (χ4n) is 2.86. The van der Waals surface area contributed by atoms with E-state index in [1.807, 2.05) is 44.2 Å². The third kappa shape index (κ3) is 4.34. The molecular weight excluding hydrogens is 342 g/mol. The number of hydrogen-bond donors (Lipinski definition) is 1. The number of H-pyrrole nitrogens is 1. The third-order valence-corrected chi connectivity index (χ3v) is 4.38. The Labute approximate surface area is 157 Å². The van der Waals surface area contributed by atoms with Gasteiger partial charge in [-0.2, -0.15) is 0 Å². The first-order valence-corrected chi connectivity index (χ1v) is 8.98. The molecule has 27 heavy (non-hydrogen) atoms. The number of para-hydroxylation sites is 1. The molecule has 3 aromatic rings. The van der Waals surface area contributed by atoms with E-state index in [9.17, 15) is 9.59 Å². The van der Waals surface area contributed by atoms with Gasteiger partial charge in [0.1, 0.15) is 11.6 Å². The molecule has 0 aliphatic rings. The summed E-state index contributed by atoms with van der Waals surface area (Å²) in [6.07, 6.45) is -0.639. The normalized spacial score (nSPS) is 12.0. The second-order valence-corrected chi connectivity index (χ2v) is 6.46. The lowest BCUT2D eigenvalue weighted by Gasteiger charge is -2.24. The summed E-state index contributed by atoms with van der Waals surface area (Å²) in [7, 11) is 0. The standard InChI is InChI=1S/C21H23N3O3/c1-4-24(21(26)15(3)27-16-11-9-14(2)10-12-16)13-19-22-18-8-6-5-7-17(18)20(25)23-19/h5-12,15H,4,13H2,1-3H3,(H,22,23,25). The minimum Gasteiger partial charge on any atom is -0.481 e. The maximum Gasteiger partial charge on any atom is 0.263 e. The molecule has 0 aliphatic carbocycles. The molecule has 0 saturated carbocycles. The van der Waals surface area contributed by atoms with Gasteiger partial charge in [-0.3, -0.25) is 9.59 Å². The van der Waals surface area contributed by atoms with Crippen molar-refractivity contribution < 1.29 is 9.53 Å². The van der Waals surface area contributed by atoms with E-state index in [-0.39, 0.29) is 18.0 Å². The number of amides is 1. The second-order valence-electron chi connectivity index (χ2n) is 6.46. The second kappa shape index (κ2) is 8.03. The number of nitrogens with one attached hydrogen (secondary N) is 1. The van der Waals surface area contributed by atoms with Crippen LogP contribution in [0.5, 0.6) is 5.75 Å². The molecule has 0 radical (unpaired) electrons. The molecule has 0 spiro atoms. The van der Waals surface area contributed by atoms with Crippen molar-refractivity contribution in [3.05, 3.63) is 70.3 Å². The van der Waals surface area contributed by atoms with Crippen molar-refractivity contribution in [3.8, 4) is 5.75 Å². The minimum atomic E-state index is -0.639. The van der Waals surface area contributed by atoms with Gasteiger partial charge in [0, 0.05) is 6.54 Å². The molecule has 140 valence electrons. The zero-order valence-corrected chi connectivity index (χ0v) is 15.7. The number of aromatic amines is 1. The molecule has 0 bridgehead atoms. The lowest BCUT2D eigenvalue weighted by Crippen LogP contribution is -2.40. The molecule has 1 heterocycles. The number of ether oxygens (including phenoxy) is 1. The van der Waals surface area contributed by atoms with Crippen LogP contribution in [-0.4, -0.2) is 33.4 Å². The predicted molar refractivity (Wildman–Crippen MR) is 105 cm³/mol. The zero-order valence-electron chi connectivity index (χ0n) is 15.7. The van der Waals surface area contributed by atoms with Crippen LogP contribution in [0.4, 0.5) is 0 Å². The topological polar surface area (TPSA) is 75.3 Å². The molecule has 2 aromatic carbocycles. The Morgan fingerprint density at radius 2 is 1.89 bits per heavy atom. The summed E-state index contributed by atoms with van der Waals surface area (Å²) in [6, 6.07) is 14.7. The zero-order chi connectivity index (χ0) is 19.4. The van der Waals surface area contributed by atoms with Gasteiger partial charge < -0.3 is 14.6 Å². The Balaban J connectivity index is 1.75. The largest absolute Gasteiger partial charge is 0.481 e. The highest BCUT2D eigenvalue weighted by molar-refractivity contribution is 5.81. The van der Waals surface area contributed by atoms with Gasteiger partial charge in [-0.25, -0.2) is 4.98 Å². The number of aromatic nitrogens is 2. The summed E-state index contributed by atoms with van der Waals surface area (Å²) in [5.41, 5.74) is 1.54. The van der Waals surface area contributed by atoms with Gasteiger partial charge in [-0.1, -0.05) is 29.8 Å². The average molecular weight is 365 g/mol. The Hall–Kier alpha value is -3.15. The van der Waals surface area contributed by atoms with Crippen LogP contribution in [0.15, 0.2) is 53.3 Å². The Morgan fingerprint density at radius 3 is 2.59 bits per heavy atom. The predicted octanol–water partition coefficient (Wildman–Crippen LogP) is 3.05. The van der Waals surface area contributed by atoms with Crippen LogP contribution in [0.1, 0.15) is 25.2 Å². The first-order valence-electron chi connectivity index (χ1n) is 8.98. The van der Waals surface area contributed by atoms with Gasteiger partial charge in [0.2, 0.25) is 0 Å². The van der Waals surface area contributed by atoms with Gasteiger partial charge in [0.25, 0.3) is 11.5 Å². The summed E-state index contributed by atoms with van der Waals surface area (Å²) in [4.78, 5) is 33.8. The van der Waals surface area contributed by atoms with Crippen LogP contribution < -0.4 is 10.3 Å². The van der Waals surface area contributed by atoms with E-state index in [1.165, 1.54) is 0 Å². The number of nitrogens with zero attached hydrogens (tertiary/aromatic N) is 2. The molecular formula is C21H23N3O3. The summed E-state index contributed by atoms with van der Waals surface area (Å²) in [5, 5.41) is 0.534. The number of hydrogen-bond acceptors (Lipinski definition) is 4. The monoisotopic (exact) mass is 365 g/mol. The Bertz CT molecular complexity index is 995.